The molecule has 2 heterocycles. The highest BCUT2D eigenvalue weighted by Gasteiger charge is 2.11. The maximum absolute atomic E-state index is 12.3. The fraction of sp³-hybridized carbons (Fsp3) is 0.0556. The van der Waals surface area contributed by atoms with Gasteiger partial charge in [0.1, 0.15) is 6.33 Å². The summed E-state index contributed by atoms with van der Waals surface area (Å²) in [5.41, 5.74) is 3.29. The number of aromatic nitrogens is 5. The van der Waals surface area contributed by atoms with Gasteiger partial charge >= 0.3 is 0 Å². The molecule has 2 aromatic heterocycles. The van der Waals surface area contributed by atoms with Gasteiger partial charge in [-0.25, -0.2) is 9.67 Å². The van der Waals surface area contributed by atoms with E-state index in [0.717, 1.165) is 22.5 Å². The van der Waals surface area contributed by atoms with E-state index in [1.165, 1.54) is 17.7 Å². The molecule has 1 N–H and O–H groups in total. The average molecular weight is 397 g/mol. The number of amides is 1. The van der Waals surface area contributed by atoms with Gasteiger partial charge in [-0.2, -0.15) is 0 Å². The number of halogens is 1. The number of carbonyl (C=O) groups is 1. The molecule has 27 heavy (non-hydrogen) atoms. The highest BCUT2D eigenvalue weighted by atomic mass is 35.5. The molecule has 2 aromatic carbocycles. The third-order valence-electron chi connectivity index (χ3n) is 3.81. The van der Waals surface area contributed by atoms with Crippen molar-refractivity contribution in [3.05, 3.63) is 70.8 Å². The molecule has 4 aromatic rings. The molecule has 4 rings (SSSR count). The molecule has 7 nitrogen and oxygen atoms in total. The zero-order valence-corrected chi connectivity index (χ0v) is 15.5. The zero-order chi connectivity index (χ0) is 18.6. The second-order valence-corrected chi connectivity index (χ2v) is 6.93. The largest absolute Gasteiger partial charge is 0.302 e. The third kappa shape index (κ3) is 4.02. The molecule has 0 saturated heterocycles. The Morgan fingerprint density at radius 1 is 1.15 bits per heavy atom. The minimum Gasteiger partial charge on any atom is -0.302 e. The van der Waals surface area contributed by atoms with Gasteiger partial charge in [0, 0.05) is 16.0 Å². The van der Waals surface area contributed by atoms with E-state index >= 15 is 0 Å². The smallest absolute Gasteiger partial charge is 0.230 e. The van der Waals surface area contributed by atoms with Gasteiger partial charge in [-0.1, -0.05) is 41.9 Å². The van der Waals surface area contributed by atoms with Crippen molar-refractivity contribution in [2.75, 3.05) is 5.32 Å². The fourth-order valence-electron chi connectivity index (χ4n) is 2.52. The predicted molar refractivity (Wildman–Crippen MR) is 104 cm³/mol. The van der Waals surface area contributed by atoms with Crippen molar-refractivity contribution >= 4 is 34.0 Å². The number of nitrogens with zero attached hydrogens (tertiary/aromatic N) is 5. The summed E-state index contributed by atoms with van der Waals surface area (Å²) in [7, 11) is 0. The van der Waals surface area contributed by atoms with Gasteiger partial charge in [0.2, 0.25) is 5.91 Å². The summed E-state index contributed by atoms with van der Waals surface area (Å²) in [6.07, 6.45) is 1.76. The Labute approximate surface area is 163 Å². The van der Waals surface area contributed by atoms with Crippen LogP contribution < -0.4 is 5.32 Å². The van der Waals surface area contributed by atoms with E-state index in [4.69, 9.17) is 11.6 Å². The van der Waals surface area contributed by atoms with E-state index in [0.29, 0.717) is 10.2 Å². The second-order valence-electron chi connectivity index (χ2n) is 5.66. The van der Waals surface area contributed by atoms with Gasteiger partial charge in [-0.15, -0.1) is 16.4 Å². The Kier molecular flexibility index (Phi) is 4.91. The summed E-state index contributed by atoms with van der Waals surface area (Å²) in [5.74, 6) is -0.134. The normalized spacial score (nSPS) is 10.7. The number of rotatable bonds is 5. The van der Waals surface area contributed by atoms with Crippen molar-refractivity contribution in [2.45, 2.75) is 6.42 Å². The van der Waals surface area contributed by atoms with Crippen LogP contribution in [0.1, 0.15) is 5.56 Å². The molecular formula is C18H13ClN6OS. The standard InChI is InChI=1S/C18H13ClN6OS/c19-15-4-2-1-3-14(15)16-10-27-18(21-16)22-17(26)9-12-5-7-13(8-6-12)25-11-20-23-24-25/h1-8,10-11H,9H2,(H,21,22,26). The topological polar surface area (TPSA) is 85.6 Å². The second kappa shape index (κ2) is 7.65. The molecule has 0 aliphatic rings. The Balaban J connectivity index is 1.41. The van der Waals surface area contributed by atoms with Crippen molar-refractivity contribution in [1.29, 1.82) is 0 Å². The molecule has 0 unspecified atom stereocenters. The van der Waals surface area contributed by atoms with E-state index in [1.54, 1.807) is 4.68 Å². The molecule has 0 saturated carbocycles. The predicted octanol–water partition coefficient (Wildman–Crippen LogP) is 3.62. The van der Waals surface area contributed by atoms with E-state index in [1.807, 2.05) is 53.9 Å². The molecule has 9 heteroatoms. The van der Waals surface area contributed by atoms with Gasteiger partial charge < -0.3 is 5.32 Å². The van der Waals surface area contributed by atoms with Crippen molar-refractivity contribution in [3.63, 3.8) is 0 Å². The fourth-order valence-corrected chi connectivity index (χ4v) is 3.48. The lowest BCUT2D eigenvalue weighted by molar-refractivity contribution is -0.115. The minimum absolute atomic E-state index is 0.134. The minimum atomic E-state index is -0.134. The van der Waals surface area contributed by atoms with Crippen LogP contribution >= 0.6 is 22.9 Å². The summed E-state index contributed by atoms with van der Waals surface area (Å²) in [4.78, 5) is 16.7. The van der Waals surface area contributed by atoms with Gasteiger partial charge in [-0.05, 0) is 34.2 Å². The maximum Gasteiger partial charge on any atom is 0.230 e. The van der Waals surface area contributed by atoms with Crippen LogP contribution in [-0.4, -0.2) is 31.1 Å². The molecule has 0 fully saturated rings. The summed E-state index contributed by atoms with van der Waals surface area (Å²) in [6.45, 7) is 0. The number of hydrogen-bond donors (Lipinski definition) is 1. The highest BCUT2D eigenvalue weighted by molar-refractivity contribution is 7.14. The molecule has 0 radical (unpaired) electrons. The van der Waals surface area contributed by atoms with Gasteiger partial charge in [0.25, 0.3) is 0 Å². The number of tetrazole rings is 1. The van der Waals surface area contributed by atoms with Crippen LogP contribution in [0.15, 0.2) is 60.2 Å². The molecular weight excluding hydrogens is 384 g/mol. The van der Waals surface area contributed by atoms with Crippen LogP contribution in [0.25, 0.3) is 16.9 Å². The lowest BCUT2D eigenvalue weighted by Gasteiger charge is -2.04. The lowest BCUT2D eigenvalue weighted by Crippen LogP contribution is -2.14. The molecule has 0 bridgehead atoms. The van der Waals surface area contributed by atoms with Crippen LogP contribution in [0.5, 0.6) is 0 Å². The van der Waals surface area contributed by atoms with E-state index < -0.39 is 0 Å². The number of anilines is 1. The Morgan fingerprint density at radius 3 is 2.70 bits per heavy atom. The first kappa shape index (κ1) is 17.3. The Morgan fingerprint density at radius 2 is 1.96 bits per heavy atom. The van der Waals surface area contributed by atoms with Crippen LogP contribution in [0.2, 0.25) is 5.02 Å². The van der Waals surface area contributed by atoms with Crippen LogP contribution in [0.3, 0.4) is 0 Å². The SMILES string of the molecule is O=C(Cc1ccc(-n2cnnn2)cc1)Nc1nc(-c2ccccc2Cl)cs1. The zero-order valence-electron chi connectivity index (χ0n) is 13.9. The molecule has 0 aliphatic heterocycles. The van der Waals surface area contributed by atoms with Crippen molar-refractivity contribution in [3.8, 4) is 16.9 Å². The lowest BCUT2D eigenvalue weighted by atomic mass is 10.1. The number of hydrogen-bond acceptors (Lipinski definition) is 6. The first-order valence-corrected chi connectivity index (χ1v) is 9.27. The molecule has 0 atom stereocenters. The summed E-state index contributed by atoms with van der Waals surface area (Å²) in [5, 5.41) is 16.9. The maximum atomic E-state index is 12.3. The Hall–Kier alpha value is -3.10. The number of benzene rings is 2. The Bertz CT molecular complexity index is 1060. The van der Waals surface area contributed by atoms with Crippen molar-refractivity contribution < 1.29 is 4.79 Å². The molecule has 0 aliphatic carbocycles. The van der Waals surface area contributed by atoms with E-state index in [9.17, 15) is 4.79 Å². The van der Waals surface area contributed by atoms with Crippen LogP contribution in [0, 0.1) is 0 Å². The third-order valence-corrected chi connectivity index (χ3v) is 4.90. The van der Waals surface area contributed by atoms with Gasteiger partial charge in [0.15, 0.2) is 5.13 Å². The van der Waals surface area contributed by atoms with Crippen molar-refractivity contribution in [2.24, 2.45) is 0 Å². The first-order valence-electron chi connectivity index (χ1n) is 8.01. The van der Waals surface area contributed by atoms with Crippen LogP contribution in [-0.2, 0) is 11.2 Å². The molecule has 134 valence electrons. The number of thiazole rings is 1. The van der Waals surface area contributed by atoms with Crippen molar-refractivity contribution in [1.82, 2.24) is 25.2 Å². The van der Waals surface area contributed by atoms with Gasteiger partial charge in [0.05, 0.1) is 17.8 Å². The quantitative estimate of drug-likeness (QED) is 0.556. The van der Waals surface area contributed by atoms with Crippen LogP contribution in [0.4, 0.5) is 5.13 Å². The van der Waals surface area contributed by atoms with E-state index in [-0.39, 0.29) is 12.3 Å². The monoisotopic (exact) mass is 396 g/mol. The number of nitrogens with one attached hydrogen (secondary N) is 1. The highest BCUT2D eigenvalue weighted by Crippen LogP contribution is 2.30. The molecule has 1 amide bonds. The average Bonchev–Trinajstić information content (AvgIpc) is 3.35. The first-order chi connectivity index (χ1) is 13.2. The summed E-state index contributed by atoms with van der Waals surface area (Å²) < 4.78 is 1.55. The summed E-state index contributed by atoms with van der Waals surface area (Å²) in [6, 6.07) is 14.9. The van der Waals surface area contributed by atoms with E-state index in [2.05, 4.69) is 25.8 Å². The van der Waals surface area contributed by atoms with Gasteiger partial charge in [-0.3, -0.25) is 4.79 Å². The number of carbonyl (C=O) groups excluding carboxylic acids is 1. The summed E-state index contributed by atoms with van der Waals surface area (Å²) >= 11 is 7.56. The molecule has 0 spiro atoms.